The van der Waals surface area contributed by atoms with E-state index in [1.54, 1.807) is 42.5 Å². The molecule has 0 bridgehead atoms. The fourth-order valence-corrected chi connectivity index (χ4v) is 2.86. The Balaban J connectivity index is 1.64. The van der Waals surface area contributed by atoms with E-state index in [0.29, 0.717) is 16.7 Å². The van der Waals surface area contributed by atoms with Crippen molar-refractivity contribution in [1.82, 2.24) is 10.6 Å². The molecule has 0 aliphatic rings. The maximum Gasteiger partial charge on any atom is 0.287 e. The van der Waals surface area contributed by atoms with Crippen LogP contribution in [0.3, 0.4) is 0 Å². The van der Waals surface area contributed by atoms with Crippen molar-refractivity contribution in [2.45, 2.75) is 13.8 Å². The van der Waals surface area contributed by atoms with Crippen LogP contribution >= 0.6 is 0 Å². The Hall–Kier alpha value is -3.67. The third-order valence-electron chi connectivity index (χ3n) is 4.63. The van der Waals surface area contributed by atoms with E-state index in [1.807, 2.05) is 26.0 Å². The number of furan rings is 1. The van der Waals surface area contributed by atoms with Gasteiger partial charge in [-0.2, -0.15) is 0 Å². The minimum atomic E-state index is -0.370. The SMILES string of the molecule is Cc1ccc(C(=O)c2ccccc2C(=O)NCCNC(=O)c2ccco2)cc1C. The van der Waals surface area contributed by atoms with E-state index in [0.717, 1.165) is 11.1 Å². The molecular formula is C23H22N2O4. The zero-order valence-corrected chi connectivity index (χ0v) is 16.3. The first kappa shape index (κ1) is 20.1. The average Bonchev–Trinajstić information content (AvgIpc) is 3.27. The quantitative estimate of drug-likeness (QED) is 0.479. The summed E-state index contributed by atoms with van der Waals surface area (Å²) in [6, 6.07) is 15.4. The van der Waals surface area contributed by atoms with Crippen molar-refractivity contribution in [3.8, 4) is 0 Å². The molecule has 1 aromatic heterocycles. The van der Waals surface area contributed by atoms with Crippen LogP contribution in [0.5, 0.6) is 0 Å². The summed E-state index contributed by atoms with van der Waals surface area (Å²) in [7, 11) is 0. The number of benzene rings is 2. The first-order valence-electron chi connectivity index (χ1n) is 9.28. The summed E-state index contributed by atoms with van der Waals surface area (Å²) in [5.74, 6) is -0.717. The summed E-state index contributed by atoms with van der Waals surface area (Å²) in [5.41, 5.74) is 3.30. The van der Waals surface area contributed by atoms with Crippen molar-refractivity contribution < 1.29 is 18.8 Å². The molecular weight excluding hydrogens is 368 g/mol. The fourth-order valence-electron chi connectivity index (χ4n) is 2.86. The van der Waals surface area contributed by atoms with Gasteiger partial charge < -0.3 is 15.1 Å². The van der Waals surface area contributed by atoms with Gasteiger partial charge in [-0.15, -0.1) is 0 Å². The van der Waals surface area contributed by atoms with Crippen LogP contribution in [0.4, 0.5) is 0 Å². The summed E-state index contributed by atoms with van der Waals surface area (Å²) in [4.78, 5) is 37.3. The van der Waals surface area contributed by atoms with Gasteiger partial charge in [-0.3, -0.25) is 14.4 Å². The van der Waals surface area contributed by atoms with Crippen molar-refractivity contribution in [2.75, 3.05) is 13.1 Å². The summed E-state index contributed by atoms with van der Waals surface area (Å²) in [5, 5.41) is 5.38. The molecule has 0 spiro atoms. The maximum absolute atomic E-state index is 12.9. The molecule has 2 amide bonds. The largest absolute Gasteiger partial charge is 0.459 e. The number of carbonyl (C=O) groups is 3. The Morgan fingerprint density at radius 1 is 0.793 bits per heavy atom. The van der Waals surface area contributed by atoms with Crippen LogP contribution in [0.2, 0.25) is 0 Å². The molecule has 0 saturated carbocycles. The Kier molecular flexibility index (Phi) is 6.24. The van der Waals surface area contributed by atoms with E-state index < -0.39 is 0 Å². The molecule has 2 aromatic carbocycles. The van der Waals surface area contributed by atoms with Gasteiger partial charge in [-0.1, -0.05) is 30.3 Å². The lowest BCUT2D eigenvalue weighted by atomic mass is 9.95. The van der Waals surface area contributed by atoms with E-state index in [9.17, 15) is 14.4 Å². The van der Waals surface area contributed by atoms with Gasteiger partial charge in [0.2, 0.25) is 0 Å². The lowest BCUT2D eigenvalue weighted by Crippen LogP contribution is -2.35. The Morgan fingerprint density at radius 2 is 1.48 bits per heavy atom. The number of nitrogens with one attached hydrogen (secondary N) is 2. The minimum absolute atomic E-state index is 0.204. The number of carbonyl (C=O) groups excluding carboxylic acids is 3. The van der Waals surface area contributed by atoms with Crippen LogP contribution < -0.4 is 10.6 Å². The van der Waals surface area contributed by atoms with Crippen LogP contribution in [0.25, 0.3) is 0 Å². The predicted molar refractivity (Wildman–Crippen MR) is 109 cm³/mol. The monoisotopic (exact) mass is 390 g/mol. The van der Waals surface area contributed by atoms with E-state index in [1.165, 1.54) is 6.26 Å². The lowest BCUT2D eigenvalue weighted by Gasteiger charge is -2.11. The average molecular weight is 390 g/mol. The van der Waals surface area contributed by atoms with Crippen LogP contribution in [-0.2, 0) is 0 Å². The van der Waals surface area contributed by atoms with E-state index in [2.05, 4.69) is 10.6 Å². The normalized spacial score (nSPS) is 10.4. The van der Waals surface area contributed by atoms with Crippen LogP contribution in [0.1, 0.15) is 48.0 Å². The molecule has 29 heavy (non-hydrogen) atoms. The molecule has 0 radical (unpaired) electrons. The number of rotatable bonds is 7. The molecule has 0 saturated heterocycles. The minimum Gasteiger partial charge on any atom is -0.459 e. The van der Waals surface area contributed by atoms with Crippen molar-refractivity contribution in [1.29, 1.82) is 0 Å². The second-order valence-electron chi connectivity index (χ2n) is 6.66. The summed E-state index contributed by atoms with van der Waals surface area (Å²) >= 11 is 0. The first-order chi connectivity index (χ1) is 14.0. The number of hydrogen-bond acceptors (Lipinski definition) is 4. The Morgan fingerprint density at radius 3 is 2.14 bits per heavy atom. The van der Waals surface area contributed by atoms with E-state index >= 15 is 0 Å². The Labute approximate surface area is 168 Å². The molecule has 0 aliphatic heterocycles. The number of ketones is 1. The predicted octanol–water partition coefficient (Wildman–Crippen LogP) is 3.29. The highest BCUT2D eigenvalue weighted by molar-refractivity contribution is 6.15. The molecule has 3 rings (SSSR count). The van der Waals surface area contributed by atoms with Gasteiger partial charge in [0.15, 0.2) is 11.5 Å². The second kappa shape index (κ2) is 9.01. The van der Waals surface area contributed by atoms with Gasteiger partial charge in [0.05, 0.1) is 11.8 Å². The van der Waals surface area contributed by atoms with Crippen molar-refractivity contribution in [2.24, 2.45) is 0 Å². The molecule has 6 heteroatoms. The number of aryl methyl sites for hydroxylation is 2. The van der Waals surface area contributed by atoms with Crippen molar-refractivity contribution >= 4 is 17.6 Å². The zero-order chi connectivity index (χ0) is 20.8. The molecule has 1 heterocycles. The van der Waals surface area contributed by atoms with Crippen LogP contribution in [0.15, 0.2) is 65.3 Å². The van der Waals surface area contributed by atoms with E-state index in [4.69, 9.17) is 4.42 Å². The fraction of sp³-hybridized carbons (Fsp3) is 0.174. The highest BCUT2D eigenvalue weighted by atomic mass is 16.3. The summed E-state index contributed by atoms with van der Waals surface area (Å²) < 4.78 is 5.01. The van der Waals surface area contributed by atoms with Gasteiger partial charge in [-0.25, -0.2) is 0 Å². The molecule has 2 N–H and O–H groups in total. The summed E-state index contributed by atoms with van der Waals surface area (Å²) in [6.45, 7) is 4.38. The maximum atomic E-state index is 12.9. The molecule has 0 aliphatic carbocycles. The molecule has 148 valence electrons. The van der Waals surface area contributed by atoms with Gasteiger partial charge in [-0.05, 0) is 49.2 Å². The lowest BCUT2D eigenvalue weighted by molar-refractivity contribution is 0.0909. The molecule has 0 fully saturated rings. The second-order valence-corrected chi connectivity index (χ2v) is 6.66. The standard InChI is InChI=1S/C23H22N2O4/c1-15-9-10-17(14-16(15)2)21(26)18-6-3-4-7-19(18)22(27)24-11-12-25-23(28)20-8-5-13-29-20/h3-10,13-14H,11-12H2,1-2H3,(H,24,27)(H,25,28). The van der Waals surface area contributed by atoms with Crippen molar-refractivity contribution in [3.63, 3.8) is 0 Å². The zero-order valence-electron chi connectivity index (χ0n) is 16.3. The third-order valence-corrected chi connectivity index (χ3v) is 4.63. The summed E-state index contributed by atoms with van der Waals surface area (Å²) in [6.07, 6.45) is 1.42. The van der Waals surface area contributed by atoms with Gasteiger partial charge in [0, 0.05) is 24.2 Å². The topological polar surface area (TPSA) is 88.4 Å². The number of amides is 2. The Bertz CT molecular complexity index is 1040. The molecule has 0 atom stereocenters. The molecule has 0 unspecified atom stereocenters. The van der Waals surface area contributed by atoms with Crippen molar-refractivity contribution in [3.05, 3.63) is 94.4 Å². The first-order valence-corrected chi connectivity index (χ1v) is 9.28. The van der Waals surface area contributed by atoms with Crippen LogP contribution in [-0.4, -0.2) is 30.7 Å². The smallest absolute Gasteiger partial charge is 0.287 e. The van der Waals surface area contributed by atoms with Gasteiger partial charge >= 0.3 is 0 Å². The van der Waals surface area contributed by atoms with Crippen LogP contribution in [0, 0.1) is 13.8 Å². The molecule has 6 nitrogen and oxygen atoms in total. The number of hydrogen-bond donors (Lipinski definition) is 2. The highest BCUT2D eigenvalue weighted by Crippen LogP contribution is 2.17. The molecule has 3 aromatic rings. The van der Waals surface area contributed by atoms with Gasteiger partial charge in [0.1, 0.15) is 0 Å². The third kappa shape index (κ3) is 4.79. The highest BCUT2D eigenvalue weighted by Gasteiger charge is 2.18. The van der Waals surface area contributed by atoms with E-state index in [-0.39, 0.29) is 36.4 Å². The van der Waals surface area contributed by atoms with Gasteiger partial charge in [0.25, 0.3) is 11.8 Å².